The third-order valence-electron chi connectivity index (χ3n) is 3.47. The highest BCUT2D eigenvalue weighted by atomic mass is 32.2. The molecular formula is C17H17FNO4S-. The van der Waals surface area contributed by atoms with Crippen LogP contribution in [0.3, 0.4) is 0 Å². The first-order valence-corrected chi connectivity index (χ1v) is 8.20. The average molecular weight is 350 g/mol. The Bertz CT molecular complexity index is 766. The van der Waals surface area contributed by atoms with Crippen molar-refractivity contribution in [3.8, 4) is 0 Å². The Labute approximate surface area is 142 Å². The topological polar surface area (TPSA) is 69.7 Å². The second-order valence-corrected chi connectivity index (χ2v) is 6.25. The summed E-state index contributed by atoms with van der Waals surface area (Å²) >= 11 is -2.51. The third kappa shape index (κ3) is 4.70. The molecule has 0 heterocycles. The van der Waals surface area contributed by atoms with Gasteiger partial charge in [0, 0.05) is 29.9 Å². The van der Waals surface area contributed by atoms with Gasteiger partial charge in [0.25, 0.3) is 0 Å². The van der Waals surface area contributed by atoms with E-state index in [1.54, 1.807) is 0 Å². The fourth-order valence-corrected chi connectivity index (χ4v) is 2.78. The number of hydrogen-bond donors (Lipinski definition) is 0. The molecule has 1 unspecified atom stereocenters. The van der Waals surface area contributed by atoms with Crippen LogP contribution in [0.1, 0.15) is 27.0 Å². The van der Waals surface area contributed by atoms with Crippen LogP contribution in [0.5, 0.6) is 0 Å². The highest BCUT2D eigenvalue weighted by Crippen LogP contribution is 2.17. The Morgan fingerprint density at radius 3 is 2.58 bits per heavy atom. The van der Waals surface area contributed by atoms with Crippen LogP contribution >= 0.6 is 0 Å². The van der Waals surface area contributed by atoms with Crippen molar-refractivity contribution in [2.24, 2.45) is 0 Å². The molecule has 0 saturated heterocycles. The van der Waals surface area contributed by atoms with Gasteiger partial charge in [-0.2, -0.15) is 0 Å². The number of carbonyl (C=O) groups excluding carboxylic acids is 1. The molecule has 128 valence electrons. The van der Waals surface area contributed by atoms with E-state index in [0.717, 1.165) is 21.5 Å². The minimum atomic E-state index is -2.51. The zero-order valence-electron chi connectivity index (χ0n) is 13.3. The van der Waals surface area contributed by atoms with Crippen LogP contribution in [-0.4, -0.2) is 26.1 Å². The largest absolute Gasteiger partial charge is 0.760 e. The number of esters is 1. The van der Waals surface area contributed by atoms with Crippen molar-refractivity contribution in [2.45, 2.75) is 20.0 Å². The Morgan fingerprint density at radius 2 is 2.00 bits per heavy atom. The molecule has 7 heteroatoms. The predicted octanol–water partition coefficient (Wildman–Crippen LogP) is 2.72. The smallest absolute Gasteiger partial charge is 0.337 e. The van der Waals surface area contributed by atoms with E-state index in [1.807, 2.05) is 31.2 Å². The van der Waals surface area contributed by atoms with Gasteiger partial charge in [-0.3, -0.25) is 4.21 Å². The van der Waals surface area contributed by atoms with Crippen molar-refractivity contribution in [1.82, 2.24) is 4.31 Å². The third-order valence-corrected chi connectivity index (χ3v) is 4.15. The normalized spacial score (nSPS) is 12.2. The van der Waals surface area contributed by atoms with Crippen LogP contribution in [0.2, 0.25) is 0 Å². The van der Waals surface area contributed by atoms with Gasteiger partial charge in [-0.25, -0.2) is 13.5 Å². The summed E-state index contributed by atoms with van der Waals surface area (Å²) in [5.41, 5.74) is 2.08. The molecule has 2 rings (SSSR count). The molecule has 2 aromatic carbocycles. The van der Waals surface area contributed by atoms with E-state index in [2.05, 4.69) is 4.74 Å². The molecule has 0 N–H and O–H groups in total. The van der Waals surface area contributed by atoms with Crippen LogP contribution in [0.4, 0.5) is 4.39 Å². The molecule has 5 nitrogen and oxygen atoms in total. The van der Waals surface area contributed by atoms with E-state index in [4.69, 9.17) is 0 Å². The predicted molar refractivity (Wildman–Crippen MR) is 87.1 cm³/mol. The van der Waals surface area contributed by atoms with Gasteiger partial charge in [0.15, 0.2) is 0 Å². The molecule has 0 aliphatic carbocycles. The number of ether oxygens (including phenoxy) is 1. The lowest BCUT2D eigenvalue weighted by Crippen LogP contribution is -2.25. The molecule has 24 heavy (non-hydrogen) atoms. The first kappa shape index (κ1) is 18.3. The summed E-state index contributed by atoms with van der Waals surface area (Å²) in [6, 6.07) is 11.3. The molecule has 0 fully saturated rings. The molecule has 2 aromatic rings. The van der Waals surface area contributed by atoms with Crippen molar-refractivity contribution in [3.63, 3.8) is 0 Å². The summed E-state index contributed by atoms with van der Waals surface area (Å²) in [5.74, 6) is -1.30. The molecule has 0 spiro atoms. The summed E-state index contributed by atoms with van der Waals surface area (Å²) in [6.45, 7) is 1.92. The second kappa shape index (κ2) is 8.14. The maximum atomic E-state index is 14.1. The van der Waals surface area contributed by atoms with Crippen LogP contribution in [-0.2, 0) is 29.1 Å². The van der Waals surface area contributed by atoms with Crippen LogP contribution < -0.4 is 0 Å². The van der Waals surface area contributed by atoms with Gasteiger partial charge in [0.1, 0.15) is 5.82 Å². The minimum Gasteiger partial charge on any atom is -0.760 e. The fraction of sp³-hybridized carbons (Fsp3) is 0.235. The number of hydrogen-bond acceptors (Lipinski definition) is 4. The lowest BCUT2D eigenvalue weighted by atomic mass is 10.1. The summed E-state index contributed by atoms with van der Waals surface area (Å²) in [6.07, 6.45) is 0. The maximum absolute atomic E-state index is 14.1. The summed E-state index contributed by atoms with van der Waals surface area (Å²) in [7, 11) is 1.21. The Hall–Kier alpha value is -2.09. The van der Waals surface area contributed by atoms with Gasteiger partial charge in [0.05, 0.1) is 12.7 Å². The number of halogens is 1. The minimum absolute atomic E-state index is 0.0761. The zero-order chi connectivity index (χ0) is 17.7. The van der Waals surface area contributed by atoms with E-state index in [1.165, 1.54) is 19.2 Å². The molecule has 0 bridgehead atoms. The summed E-state index contributed by atoms with van der Waals surface area (Å²) < 4.78 is 42.7. The second-order valence-electron chi connectivity index (χ2n) is 5.30. The van der Waals surface area contributed by atoms with E-state index in [0.29, 0.717) is 0 Å². The number of rotatable bonds is 6. The van der Waals surface area contributed by atoms with Gasteiger partial charge < -0.3 is 9.29 Å². The molecule has 0 aliphatic heterocycles. The van der Waals surface area contributed by atoms with Gasteiger partial charge in [-0.1, -0.05) is 35.9 Å². The maximum Gasteiger partial charge on any atom is 0.337 e. The molecule has 0 amide bonds. The monoisotopic (exact) mass is 350 g/mol. The van der Waals surface area contributed by atoms with Crippen molar-refractivity contribution < 1.29 is 22.7 Å². The van der Waals surface area contributed by atoms with Gasteiger partial charge in [0.2, 0.25) is 0 Å². The SMILES string of the molecule is COC(=O)c1ccc(CN(Cc2cccc(C)c2)S(=O)[O-])c(F)c1. The van der Waals surface area contributed by atoms with Crippen molar-refractivity contribution in [1.29, 1.82) is 0 Å². The van der Waals surface area contributed by atoms with E-state index < -0.39 is 23.1 Å². The van der Waals surface area contributed by atoms with Gasteiger partial charge in [-0.15, -0.1) is 0 Å². The average Bonchev–Trinajstić information content (AvgIpc) is 2.55. The molecule has 0 aromatic heterocycles. The zero-order valence-corrected chi connectivity index (χ0v) is 14.1. The summed E-state index contributed by atoms with van der Waals surface area (Å²) in [5, 5.41) is 0. The van der Waals surface area contributed by atoms with Crippen molar-refractivity contribution >= 4 is 17.2 Å². The summed E-state index contributed by atoms with van der Waals surface area (Å²) in [4.78, 5) is 11.4. The van der Waals surface area contributed by atoms with Gasteiger partial charge >= 0.3 is 5.97 Å². The Morgan fingerprint density at radius 1 is 1.25 bits per heavy atom. The molecule has 0 saturated carbocycles. The quantitative estimate of drug-likeness (QED) is 0.593. The molecule has 0 radical (unpaired) electrons. The van der Waals surface area contributed by atoms with Crippen LogP contribution in [0.25, 0.3) is 0 Å². The fourth-order valence-electron chi connectivity index (χ4n) is 2.29. The molecule has 1 atom stereocenters. The van der Waals surface area contributed by atoms with Crippen molar-refractivity contribution in [3.05, 3.63) is 70.5 Å². The van der Waals surface area contributed by atoms with Crippen LogP contribution in [0, 0.1) is 12.7 Å². The van der Waals surface area contributed by atoms with Crippen molar-refractivity contribution in [2.75, 3.05) is 7.11 Å². The lowest BCUT2D eigenvalue weighted by Gasteiger charge is -2.24. The number of aryl methyl sites for hydroxylation is 1. The van der Waals surface area contributed by atoms with E-state index >= 15 is 0 Å². The lowest BCUT2D eigenvalue weighted by molar-refractivity contribution is 0.0600. The number of benzene rings is 2. The number of carbonyl (C=O) groups is 1. The van der Waals surface area contributed by atoms with E-state index in [-0.39, 0.29) is 24.2 Å². The Balaban J connectivity index is 2.19. The van der Waals surface area contributed by atoms with Gasteiger partial charge in [-0.05, 0) is 24.6 Å². The first-order valence-electron chi connectivity index (χ1n) is 7.17. The molecule has 0 aliphatic rings. The Kier molecular flexibility index (Phi) is 6.19. The van der Waals surface area contributed by atoms with Crippen LogP contribution in [0.15, 0.2) is 42.5 Å². The standard InChI is InChI=1S/C17H18FNO4S/c1-12-4-3-5-13(8-12)10-19(24(21)22)11-15-7-6-14(9-16(15)18)17(20)23-2/h3-9H,10-11H2,1-2H3,(H,21,22)/p-1. The highest BCUT2D eigenvalue weighted by molar-refractivity contribution is 7.76. The van der Waals surface area contributed by atoms with E-state index in [9.17, 15) is 17.9 Å². The highest BCUT2D eigenvalue weighted by Gasteiger charge is 2.14. The number of nitrogens with zero attached hydrogens (tertiary/aromatic N) is 1. The molecular weight excluding hydrogens is 333 g/mol. The first-order chi connectivity index (χ1) is 11.4. The number of methoxy groups -OCH3 is 1.